The summed E-state index contributed by atoms with van der Waals surface area (Å²) < 4.78 is 34.3. The van der Waals surface area contributed by atoms with Gasteiger partial charge in [-0.1, -0.05) is 12.1 Å². The van der Waals surface area contributed by atoms with Crippen LogP contribution < -0.4 is 4.74 Å². The number of benzene rings is 4. The highest BCUT2D eigenvalue weighted by atomic mass is 32.2. The molecular weight excluding hydrogens is 573 g/mol. The molecule has 4 heteroatoms. The van der Waals surface area contributed by atoms with Crippen LogP contribution in [0.2, 0.25) is 0 Å². The maximum Gasteiger partial charge on any atom is 0.200 e. The Labute approximate surface area is 269 Å². The van der Waals surface area contributed by atoms with Crippen LogP contribution in [0.5, 0.6) is 5.75 Å². The van der Waals surface area contributed by atoms with E-state index in [9.17, 15) is 8.42 Å². The van der Waals surface area contributed by atoms with Gasteiger partial charge in [0.05, 0.1) is 16.9 Å². The zero-order chi connectivity index (χ0) is 32.7. The van der Waals surface area contributed by atoms with Crippen LogP contribution in [-0.4, -0.2) is 15.0 Å². The van der Waals surface area contributed by atoms with Crippen LogP contribution >= 0.6 is 0 Å². The molecule has 1 aliphatic carbocycles. The van der Waals surface area contributed by atoms with Gasteiger partial charge in [0.1, 0.15) is 5.75 Å². The summed E-state index contributed by atoms with van der Waals surface area (Å²) in [6.45, 7) is 27.6. The van der Waals surface area contributed by atoms with E-state index in [-0.39, 0.29) is 0 Å². The molecule has 2 aliphatic heterocycles. The van der Waals surface area contributed by atoms with Crippen LogP contribution in [0.1, 0.15) is 89.0 Å². The summed E-state index contributed by atoms with van der Waals surface area (Å²) in [6.07, 6.45) is 2.64. The summed E-state index contributed by atoms with van der Waals surface area (Å²) in [5, 5.41) is 1.52. The predicted molar refractivity (Wildman–Crippen MR) is 186 cm³/mol. The first-order valence-corrected chi connectivity index (χ1v) is 17.7. The Hall–Kier alpha value is -3.63. The normalized spacial score (nSPS) is 16.4. The van der Waals surface area contributed by atoms with Gasteiger partial charge in [0.15, 0.2) is 9.84 Å². The van der Waals surface area contributed by atoms with Crippen LogP contribution in [0.4, 0.5) is 0 Å². The number of fused-ring (bicyclic) bond motifs is 11. The second kappa shape index (κ2) is 9.45. The van der Waals surface area contributed by atoms with E-state index in [1.54, 1.807) is 0 Å². The van der Waals surface area contributed by atoms with E-state index in [2.05, 4.69) is 89.2 Å². The SMILES string of the molecule is Cc1c(C)c(C)c2c(c1C)-c1c(C)c(C)c(C)c(C)c1C1(C=CS(=O)(=O)c3c1ccc1c3CCO1)c1c(C)c(C)c(C)c(C)c1-2. The Kier molecular flexibility index (Phi) is 6.31. The van der Waals surface area contributed by atoms with E-state index in [0.29, 0.717) is 23.7 Å². The van der Waals surface area contributed by atoms with Gasteiger partial charge >= 0.3 is 0 Å². The second-order valence-electron chi connectivity index (χ2n) is 13.9. The largest absolute Gasteiger partial charge is 0.493 e. The molecule has 0 unspecified atom stereocenters. The molecule has 0 aromatic heterocycles. The summed E-state index contributed by atoms with van der Waals surface area (Å²) in [5.74, 6) is 0.694. The summed E-state index contributed by atoms with van der Waals surface area (Å²) >= 11 is 0. The lowest BCUT2D eigenvalue weighted by molar-refractivity contribution is 0.356. The highest BCUT2D eigenvalue weighted by Gasteiger charge is 2.50. The molecule has 0 saturated carbocycles. The Bertz CT molecular complexity index is 2110. The fourth-order valence-electron chi connectivity index (χ4n) is 8.96. The maximum absolute atomic E-state index is 14.2. The van der Waals surface area contributed by atoms with E-state index >= 15 is 0 Å². The van der Waals surface area contributed by atoms with Crippen molar-refractivity contribution in [2.24, 2.45) is 0 Å². The first-order valence-electron chi connectivity index (χ1n) is 16.2. The molecule has 45 heavy (non-hydrogen) atoms. The summed E-state index contributed by atoms with van der Waals surface area (Å²) in [4.78, 5) is 0.439. The van der Waals surface area contributed by atoms with Crippen molar-refractivity contribution in [1.82, 2.24) is 0 Å². The molecule has 0 atom stereocenters. The van der Waals surface area contributed by atoms with Crippen molar-refractivity contribution in [1.29, 1.82) is 0 Å². The molecule has 2 heterocycles. The van der Waals surface area contributed by atoms with Crippen LogP contribution in [0.25, 0.3) is 22.3 Å². The van der Waals surface area contributed by atoms with Gasteiger partial charge in [0, 0.05) is 17.4 Å². The smallest absolute Gasteiger partial charge is 0.200 e. The van der Waals surface area contributed by atoms with Crippen molar-refractivity contribution in [3.8, 4) is 28.0 Å². The number of allylic oxidation sites excluding steroid dienone is 1. The van der Waals surface area contributed by atoms with Crippen LogP contribution in [-0.2, 0) is 21.7 Å². The average Bonchev–Trinajstić information content (AvgIpc) is 3.45. The van der Waals surface area contributed by atoms with Gasteiger partial charge in [0.25, 0.3) is 0 Å². The van der Waals surface area contributed by atoms with Crippen LogP contribution in [0.15, 0.2) is 28.5 Å². The summed E-state index contributed by atoms with van der Waals surface area (Å²) in [5.41, 5.74) is 23.7. The number of ether oxygens (including phenoxy) is 1. The lowest BCUT2D eigenvalue weighted by Crippen LogP contribution is -2.35. The molecule has 0 fully saturated rings. The molecule has 0 amide bonds. The number of sulfone groups is 1. The van der Waals surface area contributed by atoms with Crippen molar-refractivity contribution < 1.29 is 13.2 Å². The molecule has 7 rings (SSSR count). The van der Waals surface area contributed by atoms with E-state index in [1.807, 2.05) is 12.1 Å². The first kappa shape index (κ1) is 30.0. The monoisotopic (exact) mass is 616 g/mol. The van der Waals surface area contributed by atoms with Crippen molar-refractivity contribution >= 4 is 9.84 Å². The van der Waals surface area contributed by atoms with Crippen LogP contribution in [0.3, 0.4) is 0 Å². The Morgan fingerprint density at radius 1 is 0.556 bits per heavy atom. The third kappa shape index (κ3) is 3.50. The number of hydrogen-bond acceptors (Lipinski definition) is 3. The summed E-state index contributed by atoms with van der Waals surface area (Å²) in [6, 6.07) is 4.08. The lowest BCUT2D eigenvalue weighted by atomic mass is 9.62. The molecule has 0 saturated heterocycles. The second-order valence-corrected chi connectivity index (χ2v) is 15.7. The van der Waals surface area contributed by atoms with E-state index in [1.165, 1.54) is 106 Å². The van der Waals surface area contributed by atoms with Crippen molar-refractivity contribution in [2.45, 2.75) is 99.8 Å². The van der Waals surface area contributed by atoms with Crippen LogP contribution in [0, 0.1) is 83.1 Å². The minimum absolute atomic E-state index is 0.439. The van der Waals surface area contributed by atoms with Gasteiger partial charge in [-0.05, 0) is 195 Å². The molecule has 0 radical (unpaired) electrons. The average molecular weight is 617 g/mol. The van der Waals surface area contributed by atoms with Gasteiger partial charge in [-0.15, -0.1) is 0 Å². The summed E-state index contributed by atoms with van der Waals surface area (Å²) in [7, 11) is -3.70. The number of rotatable bonds is 0. The standard InChI is InChI=1S/C41H44O3S/c1-19-20(2)26(8)35-34(25(19)7)36-27(9)21(3)23(5)29(11)38(36)41(39-30(12)24(6)22(4)28(10)37(35)39)16-18-45(42,43)40-31-15-17-44-33(31)14-13-32(40)41/h13-14,16,18H,15,17H2,1-12H3. The molecule has 3 aliphatic rings. The minimum atomic E-state index is -3.70. The van der Waals surface area contributed by atoms with Crippen molar-refractivity contribution in [3.63, 3.8) is 0 Å². The topological polar surface area (TPSA) is 43.4 Å². The molecule has 4 aromatic rings. The molecule has 0 N–H and O–H groups in total. The molecule has 3 nitrogen and oxygen atoms in total. The third-order valence-electron chi connectivity index (χ3n) is 12.4. The highest BCUT2D eigenvalue weighted by molar-refractivity contribution is 7.94. The lowest BCUT2D eigenvalue weighted by Gasteiger charge is -2.42. The van der Waals surface area contributed by atoms with Gasteiger partial charge in [-0.25, -0.2) is 8.42 Å². The van der Waals surface area contributed by atoms with Gasteiger partial charge in [-0.3, -0.25) is 0 Å². The number of hydrogen-bond donors (Lipinski definition) is 0. The highest BCUT2D eigenvalue weighted by Crippen LogP contribution is 2.61. The van der Waals surface area contributed by atoms with Crippen molar-refractivity contribution in [2.75, 3.05) is 6.61 Å². The molecule has 1 spiro atoms. The molecule has 232 valence electrons. The zero-order valence-electron chi connectivity index (χ0n) is 28.9. The Balaban J connectivity index is 1.90. The van der Waals surface area contributed by atoms with E-state index in [0.717, 1.165) is 11.1 Å². The van der Waals surface area contributed by atoms with E-state index in [4.69, 9.17) is 4.74 Å². The third-order valence-corrected chi connectivity index (χ3v) is 13.9. The van der Waals surface area contributed by atoms with Crippen molar-refractivity contribution in [3.05, 3.63) is 113 Å². The Morgan fingerprint density at radius 3 is 1.44 bits per heavy atom. The minimum Gasteiger partial charge on any atom is -0.493 e. The van der Waals surface area contributed by atoms with E-state index < -0.39 is 15.3 Å². The van der Waals surface area contributed by atoms with Gasteiger partial charge < -0.3 is 4.74 Å². The quantitative estimate of drug-likeness (QED) is 0.198. The Morgan fingerprint density at radius 2 is 0.978 bits per heavy atom. The fraction of sp³-hybridized carbons (Fsp3) is 0.366. The fourth-order valence-corrected chi connectivity index (χ4v) is 10.6. The maximum atomic E-state index is 14.2. The zero-order valence-corrected chi connectivity index (χ0v) is 29.7. The predicted octanol–water partition coefficient (Wildman–Crippen LogP) is 9.61. The molecule has 0 bridgehead atoms. The van der Waals surface area contributed by atoms with Gasteiger partial charge in [0.2, 0.25) is 0 Å². The molecular formula is C41H44O3S. The first-order chi connectivity index (χ1) is 21.1. The molecule has 4 aromatic carbocycles. The van der Waals surface area contributed by atoms with Gasteiger partial charge in [-0.2, -0.15) is 0 Å².